The lowest BCUT2D eigenvalue weighted by Gasteiger charge is -2.19. The molecule has 7 rings (SSSR count). The molecule has 0 aliphatic carbocycles. The van der Waals surface area contributed by atoms with Gasteiger partial charge in [-0.25, -0.2) is 0 Å². The third-order valence-electron chi connectivity index (χ3n) is 7.42. The molecule has 7 aromatic rings. The minimum absolute atomic E-state index is 0.196. The average molecular weight is 504 g/mol. The van der Waals surface area contributed by atoms with Crippen LogP contribution in [-0.4, -0.2) is 15.2 Å². The van der Waals surface area contributed by atoms with Gasteiger partial charge < -0.3 is 15.2 Å². The molecule has 0 spiro atoms. The van der Waals surface area contributed by atoms with Crippen LogP contribution in [0.4, 0.5) is 0 Å². The van der Waals surface area contributed by atoms with Crippen LogP contribution in [0.25, 0.3) is 66.3 Å². The second kappa shape index (κ2) is 9.23. The Balaban J connectivity index is 1.76. The number of hydrogen-bond acceptors (Lipinski definition) is 2. The molecule has 0 aliphatic rings. The predicted octanol–water partition coefficient (Wildman–Crippen LogP) is 9.40. The molecule has 3 N–H and O–H groups in total. The zero-order valence-electron chi connectivity index (χ0n) is 21.1. The van der Waals surface area contributed by atoms with Gasteiger partial charge in [0.05, 0.1) is 5.52 Å². The largest absolute Gasteiger partial charge is 0.507 e. The standard InChI is InChI=1S/C36H25NO2/c38-28-22-21-27-33(29(28)23-13-5-1-6-14-23)34-32(26-19-11-4-12-20-26)36(39)31(25-17-9-3-10-18-25)30(35(34)37-27)24-15-7-2-8-16-24/h1-22,37-39H. The van der Waals surface area contributed by atoms with E-state index in [0.29, 0.717) is 0 Å². The number of H-pyrrole nitrogens is 1. The van der Waals surface area contributed by atoms with Crippen molar-refractivity contribution in [1.29, 1.82) is 0 Å². The summed E-state index contributed by atoms with van der Waals surface area (Å²) in [6.07, 6.45) is 0. The van der Waals surface area contributed by atoms with E-state index in [9.17, 15) is 10.2 Å². The van der Waals surface area contributed by atoms with Gasteiger partial charge in [-0.1, -0.05) is 121 Å². The van der Waals surface area contributed by atoms with Crippen LogP contribution < -0.4 is 0 Å². The van der Waals surface area contributed by atoms with Crippen LogP contribution >= 0.6 is 0 Å². The highest BCUT2D eigenvalue weighted by Gasteiger charge is 2.27. The van der Waals surface area contributed by atoms with Gasteiger partial charge in [0.15, 0.2) is 0 Å². The highest BCUT2D eigenvalue weighted by atomic mass is 16.3. The summed E-state index contributed by atoms with van der Waals surface area (Å²) in [7, 11) is 0. The Bertz CT molecular complexity index is 1940. The number of aromatic nitrogens is 1. The SMILES string of the molecule is Oc1ccc2[nH]c3c(-c4ccccc4)c(-c4ccccc4)c(O)c(-c4ccccc4)c3c2c1-c1ccccc1. The lowest BCUT2D eigenvalue weighted by atomic mass is 9.85. The summed E-state index contributed by atoms with van der Waals surface area (Å²) in [5.74, 6) is 0.406. The summed E-state index contributed by atoms with van der Waals surface area (Å²) in [4.78, 5) is 3.71. The maximum atomic E-state index is 12.3. The third kappa shape index (κ3) is 3.67. The Morgan fingerprint density at radius 3 is 1.33 bits per heavy atom. The number of hydrogen-bond donors (Lipinski definition) is 3. The molecule has 1 aromatic heterocycles. The molecule has 0 aliphatic heterocycles. The molecule has 6 aromatic carbocycles. The van der Waals surface area contributed by atoms with Crippen LogP contribution in [0, 0.1) is 0 Å². The van der Waals surface area contributed by atoms with Crippen LogP contribution in [-0.2, 0) is 0 Å². The summed E-state index contributed by atoms with van der Waals surface area (Å²) < 4.78 is 0. The molecule has 3 heteroatoms. The van der Waals surface area contributed by atoms with Crippen molar-refractivity contribution >= 4 is 21.8 Å². The van der Waals surface area contributed by atoms with E-state index in [1.54, 1.807) is 6.07 Å². The quantitative estimate of drug-likeness (QED) is 0.224. The molecule has 0 atom stereocenters. The number of aromatic amines is 1. The van der Waals surface area contributed by atoms with Crippen molar-refractivity contribution in [2.24, 2.45) is 0 Å². The summed E-state index contributed by atoms with van der Waals surface area (Å²) >= 11 is 0. The molecular weight excluding hydrogens is 478 g/mol. The monoisotopic (exact) mass is 503 g/mol. The minimum atomic E-state index is 0.196. The first-order valence-corrected chi connectivity index (χ1v) is 13.0. The summed E-state index contributed by atoms with van der Waals surface area (Å²) in [6, 6.07) is 43.8. The fourth-order valence-corrected chi connectivity index (χ4v) is 5.76. The van der Waals surface area contributed by atoms with Gasteiger partial charge in [0, 0.05) is 38.5 Å². The van der Waals surface area contributed by atoms with Crippen molar-refractivity contribution in [3.05, 3.63) is 133 Å². The lowest BCUT2D eigenvalue weighted by Crippen LogP contribution is -1.93. The van der Waals surface area contributed by atoms with Gasteiger partial charge in [-0.05, 0) is 34.4 Å². The Labute approximate surface area is 226 Å². The van der Waals surface area contributed by atoms with Gasteiger partial charge in [-0.15, -0.1) is 0 Å². The molecule has 0 saturated heterocycles. The smallest absolute Gasteiger partial charge is 0.132 e. The predicted molar refractivity (Wildman–Crippen MR) is 161 cm³/mol. The first kappa shape index (κ1) is 22.9. The lowest BCUT2D eigenvalue weighted by molar-refractivity contribution is 0.478. The second-order valence-electron chi connectivity index (χ2n) is 9.69. The number of phenols is 2. The van der Waals surface area contributed by atoms with E-state index in [0.717, 1.165) is 66.3 Å². The molecular formula is C36H25NO2. The Kier molecular flexibility index (Phi) is 5.42. The minimum Gasteiger partial charge on any atom is -0.507 e. The number of phenolic OH excluding ortho intramolecular Hbond substituents is 2. The van der Waals surface area contributed by atoms with Crippen LogP contribution in [0.3, 0.4) is 0 Å². The Morgan fingerprint density at radius 2 is 0.821 bits per heavy atom. The summed E-state index contributed by atoms with van der Waals surface area (Å²) in [5, 5.41) is 25.2. The fourth-order valence-electron chi connectivity index (χ4n) is 5.76. The van der Waals surface area contributed by atoms with Crippen LogP contribution in [0.5, 0.6) is 11.5 Å². The zero-order valence-corrected chi connectivity index (χ0v) is 21.1. The molecule has 0 unspecified atom stereocenters. The van der Waals surface area contributed by atoms with E-state index < -0.39 is 0 Å². The van der Waals surface area contributed by atoms with Crippen molar-refractivity contribution in [2.75, 3.05) is 0 Å². The third-order valence-corrected chi connectivity index (χ3v) is 7.42. The van der Waals surface area contributed by atoms with Crippen molar-refractivity contribution in [2.45, 2.75) is 0 Å². The van der Waals surface area contributed by atoms with E-state index in [-0.39, 0.29) is 11.5 Å². The summed E-state index contributed by atoms with van der Waals surface area (Å²) in [6.45, 7) is 0. The molecule has 0 radical (unpaired) electrons. The zero-order chi connectivity index (χ0) is 26.3. The number of benzene rings is 6. The maximum absolute atomic E-state index is 12.3. The van der Waals surface area contributed by atoms with Gasteiger partial charge in [0.25, 0.3) is 0 Å². The number of rotatable bonds is 4. The van der Waals surface area contributed by atoms with Crippen LogP contribution in [0.2, 0.25) is 0 Å². The highest BCUT2D eigenvalue weighted by molar-refractivity contribution is 6.26. The van der Waals surface area contributed by atoms with Crippen molar-refractivity contribution in [3.63, 3.8) is 0 Å². The molecule has 186 valence electrons. The van der Waals surface area contributed by atoms with Crippen molar-refractivity contribution in [3.8, 4) is 56.0 Å². The van der Waals surface area contributed by atoms with E-state index in [2.05, 4.69) is 17.1 Å². The molecule has 0 saturated carbocycles. The van der Waals surface area contributed by atoms with Gasteiger partial charge in [0.2, 0.25) is 0 Å². The molecule has 39 heavy (non-hydrogen) atoms. The maximum Gasteiger partial charge on any atom is 0.132 e. The summed E-state index contributed by atoms with van der Waals surface area (Å²) in [5.41, 5.74) is 8.70. The average Bonchev–Trinajstić information content (AvgIpc) is 3.37. The van der Waals surface area contributed by atoms with E-state index in [1.807, 2.05) is 115 Å². The van der Waals surface area contributed by atoms with Crippen LogP contribution in [0.15, 0.2) is 133 Å². The van der Waals surface area contributed by atoms with Crippen molar-refractivity contribution in [1.82, 2.24) is 4.98 Å². The van der Waals surface area contributed by atoms with Gasteiger partial charge >= 0.3 is 0 Å². The van der Waals surface area contributed by atoms with E-state index >= 15 is 0 Å². The first-order chi connectivity index (χ1) is 19.2. The van der Waals surface area contributed by atoms with E-state index in [1.165, 1.54) is 0 Å². The molecule has 0 amide bonds. The molecule has 1 heterocycles. The molecule has 3 nitrogen and oxygen atoms in total. The number of nitrogens with one attached hydrogen (secondary N) is 1. The highest BCUT2D eigenvalue weighted by Crippen LogP contribution is 2.53. The normalized spacial score (nSPS) is 11.3. The van der Waals surface area contributed by atoms with Gasteiger partial charge in [-0.2, -0.15) is 0 Å². The van der Waals surface area contributed by atoms with Crippen LogP contribution in [0.1, 0.15) is 0 Å². The van der Waals surface area contributed by atoms with E-state index in [4.69, 9.17) is 0 Å². The molecule has 0 fully saturated rings. The molecule has 0 bridgehead atoms. The number of aromatic hydroxyl groups is 2. The Morgan fingerprint density at radius 1 is 0.385 bits per heavy atom. The van der Waals surface area contributed by atoms with Gasteiger partial charge in [-0.3, -0.25) is 0 Å². The second-order valence-corrected chi connectivity index (χ2v) is 9.69. The Hall–Kier alpha value is -5.28. The van der Waals surface area contributed by atoms with Gasteiger partial charge in [0.1, 0.15) is 11.5 Å². The first-order valence-electron chi connectivity index (χ1n) is 13.0. The topological polar surface area (TPSA) is 56.2 Å². The number of fused-ring (bicyclic) bond motifs is 3. The van der Waals surface area contributed by atoms with Crippen molar-refractivity contribution < 1.29 is 10.2 Å². The fraction of sp³-hybridized carbons (Fsp3) is 0.